The predicted octanol–water partition coefficient (Wildman–Crippen LogP) is 2.45. The molecular formula is C28H27F2N5O4. The van der Waals surface area contributed by atoms with Crippen LogP contribution in [0.1, 0.15) is 17.9 Å². The molecule has 0 bridgehead atoms. The summed E-state index contributed by atoms with van der Waals surface area (Å²) in [5.74, 6) is -1.09. The van der Waals surface area contributed by atoms with E-state index in [-0.39, 0.29) is 40.4 Å². The summed E-state index contributed by atoms with van der Waals surface area (Å²) in [6, 6.07) is 10.2. The number of ether oxygens (including phenoxy) is 2. The van der Waals surface area contributed by atoms with Crippen LogP contribution in [-0.4, -0.2) is 56.6 Å². The summed E-state index contributed by atoms with van der Waals surface area (Å²) in [4.78, 5) is 20.4. The van der Waals surface area contributed by atoms with Crippen LogP contribution in [0.15, 0.2) is 53.5 Å². The third-order valence-electron chi connectivity index (χ3n) is 6.84. The molecule has 0 spiro atoms. The molecule has 0 amide bonds. The molecule has 0 aliphatic carbocycles. The average molecular weight is 536 g/mol. The van der Waals surface area contributed by atoms with E-state index in [0.29, 0.717) is 35.7 Å². The van der Waals surface area contributed by atoms with Gasteiger partial charge in [0.15, 0.2) is 5.82 Å². The largest absolute Gasteiger partial charge is 0.494 e. The Hall–Kier alpha value is -4.67. The van der Waals surface area contributed by atoms with E-state index in [1.54, 1.807) is 47.1 Å². The van der Waals surface area contributed by atoms with Crippen LogP contribution in [0.3, 0.4) is 0 Å². The first-order valence-electron chi connectivity index (χ1n) is 12.2. The number of methoxy groups -OCH3 is 2. The van der Waals surface area contributed by atoms with Crippen LogP contribution in [0.5, 0.6) is 11.5 Å². The Kier molecular flexibility index (Phi) is 6.81. The van der Waals surface area contributed by atoms with Crippen molar-refractivity contribution < 1.29 is 23.4 Å². The quantitative estimate of drug-likeness (QED) is 0.405. The van der Waals surface area contributed by atoms with E-state index in [1.165, 1.54) is 30.9 Å². The fourth-order valence-corrected chi connectivity index (χ4v) is 4.95. The van der Waals surface area contributed by atoms with Gasteiger partial charge in [0.2, 0.25) is 5.88 Å². The fourth-order valence-electron chi connectivity index (χ4n) is 4.95. The number of benzene rings is 2. The SMILES string of the molecule is C=c1nc(-c2ccn(C)n2)n(-c2c(OC)cccc2OC)c(=O)c1=C(O)N1CCC(c2ccc(F)cc2F)C1. The van der Waals surface area contributed by atoms with Gasteiger partial charge in [-0.05, 0) is 36.2 Å². The maximum absolute atomic E-state index is 14.4. The van der Waals surface area contributed by atoms with Gasteiger partial charge in [-0.25, -0.2) is 13.8 Å². The Balaban J connectivity index is 1.72. The highest BCUT2D eigenvalue weighted by Gasteiger charge is 2.29. The van der Waals surface area contributed by atoms with E-state index in [0.717, 1.165) is 6.07 Å². The van der Waals surface area contributed by atoms with Crippen molar-refractivity contribution in [1.29, 1.82) is 0 Å². The number of hydrogen-bond donors (Lipinski definition) is 1. The molecule has 11 heteroatoms. The summed E-state index contributed by atoms with van der Waals surface area (Å²) in [6.07, 6.45) is 2.21. The molecule has 0 saturated carbocycles. The van der Waals surface area contributed by atoms with E-state index in [2.05, 4.69) is 16.7 Å². The van der Waals surface area contributed by atoms with Crippen LogP contribution in [-0.2, 0) is 7.05 Å². The average Bonchev–Trinajstić information content (AvgIpc) is 3.57. The number of halogens is 2. The molecule has 1 atom stereocenters. The smallest absolute Gasteiger partial charge is 0.271 e. The second-order valence-corrected chi connectivity index (χ2v) is 9.20. The monoisotopic (exact) mass is 535 g/mol. The van der Waals surface area contributed by atoms with E-state index < -0.39 is 17.2 Å². The summed E-state index contributed by atoms with van der Waals surface area (Å²) in [5, 5.41) is 15.7. The molecule has 1 aliphatic rings. The molecule has 1 saturated heterocycles. The molecule has 1 aliphatic heterocycles. The van der Waals surface area contributed by atoms with Crippen LogP contribution in [0.2, 0.25) is 0 Å². The first kappa shape index (κ1) is 26.0. The van der Waals surface area contributed by atoms with E-state index in [4.69, 9.17) is 9.47 Å². The maximum atomic E-state index is 14.4. The number of para-hydroxylation sites is 1. The van der Waals surface area contributed by atoms with Gasteiger partial charge in [0.05, 0.1) is 19.6 Å². The number of likely N-dealkylation sites (tertiary alicyclic amines) is 1. The Morgan fingerprint density at radius 2 is 1.85 bits per heavy atom. The summed E-state index contributed by atoms with van der Waals surface area (Å²) in [6.45, 7) is 4.51. The van der Waals surface area contributed by atoms with Crippen molar-refractivity contribution in [2.45, 2.75) is 12.3 Å². The second-order valence-electron chi connectivity index (χ2n) is 9.20. The molecule has 202 valence electrons. The lowest BCUT2D eigenvalue weighted by Gasteiger charge is -2.20. The molecule has 4 aromatic rings. The summed E-state index contributed by atoms with van der Waals surface area (Å²) >= 11 is 0. The molecule has 3 heterocycles. The van der Waals surface area contributed by atoms with Crippen LogP contribution in [0.4, 0.5) is 8.78 Å². The fraction of sp³-hybridized carbons (Fsp3) is 0.250. The topological polar surface area (TPSA) is 94.6 Å². The Morgan fingerprint density at radius 3 is 2.46 bits per heavy atom. The summed E-state index contributed by atoms with van der Waals surface area (Å²) in [7, 11) is 4.68. The van der Waals surface area contributed by atoms with E-state index >= 15 is 0 Å². The first-order chi connectivity index (χ1) is 18.7. The zero-order valence-corrected chi connectivity index (χ0v) is 21.7. The van der Waals surface area contributed by atoms with Crippen molar-refractivity contribution in [3.63, 3.8) is 0 Å². The maximum Gasteiger partial charge on any atom is 0.271 e. The van der Waals surface area contributed by atoms with Crippen molar-refractivity contribution in [3.8, 4) is 28.7 Å². The molecule has 39 heavy (non-hydrogen) atoms. The van der Waals surface area contributed by atoms with Crippen molar-refractivity contribution in [2.24, 2.45) is 7.05 Å². The Bertz CT molecular complexity index is 1710. The number of aryl methyl sites for hydroxylation is 1. The highest BCUT2D eigenvalue weighted by molar-refractivity contribution is 5.63. The Morgan fingerprint density at radius 1 is 1.13 bits per heavy atom. The van der Waals surface area contributed by atoms with Gasteiger partial charge in [-0.1, -0.05) is 18.7 Å². The number of hydrogen-bond acceptors (Lipinski definition) is 7. The molecule has 9 nitrogen and oxygen atoms in total. The first-order valence-corrected chi connectivity index (χ1v) is 12.2. The molecule has 2 aromatic carbocycles. The number of rotatable bonds is 6. The zero-order chi connectivity index (χ0) is 27.8. The lowest BCUT2D eigenvalue weighted by molar-refractivity contribution is 0.321. The van der Waals surface area contributed by atoms with Crippen molar-refractivity contribution in [2.75, 3.05) is 27.3 Å². The normalized spacial score (nSPS) is 15.9. The van der Waals surface area contributed by atoms with E-state index in [1.807, 2.05) is 0 Å². The third-order valence-corrected chi connectivity index (χ3v) is 6.84. The molecule has 1 unspecified atom stereocenters. The number of aliphatic hydroxyl groups is 1. The molecular weight excluding hydrogens is 508 g/mol. The van der Waals surface area contributed by atoms with Gasteiger partial charge in [-0.3, -0.25) is 14.0 Å². The third kappa shape index (κ3) is 4.60. The van der Waals surface area contributed by atoms with E-state index in [9.17, 15) is 18.7 Å². The van der Waals surface area contributed by atoms with Crippen LogP contribution < -0.4 is 25.6 Å². The van der Waals surface area contributed by atoms with Crippen molar-refractivity contribution in [3.05, 3.63) is 86.8 Å². The van der Waals surface area contributed by atoms with Gasteiger partial charge >= 0.3 is 0 Å². The lowest BCUT2D eigenvalue weighted by Crippen LogP contribution is -2.50. The van der Waals surface area contributed by atoms with Crippen molar-refractivity contribution >= 4 is 12.5 Å². The van der Waals surface area contributed by atoms with Gasteiger partial charge in [0.25, 0.3) is 5.56 Å². The number of aromatic nitrogens is 4. The van der Waals surface area contributed by atoms with Gasteiger partial charge in [0, 0.05) is 38.3 Å². The van der Waals surface area contributed by atoms with Gasteiger partial charge < -0.3 is 19.5 Å². The van der Waals surface area contributed by atoms with Crippen LogP contribution in [0, 0.1) is 11.6 Å². The Labute approximate surface area is 222 Å². The lowest BCUT2D eigenvalue weighted by atomic mass is 9.98. The van der Waals surface area contributed by atoms with Crippen LogP contribution in [0.25, 0.3) is 29.7 Å². The molecule has 1 N–H and O–H groups in total. The molecule has 0 radical (unpaired) electrons. The summed E-state index contributed by atoms with van der Waals surface area (Å²) in [5.41, 5.74) is 0.405. The molecule has 1 fully saturated rings. The van der Waals surface area contributed by atoms with Gasteiger partial charge in [-0.2, -0.15) is 5.10 Å². The highest BCUT2D eigenvalue weighted by Crippen LogP contribution is 2.34. The van der Waals surface area contributed by atoms with Crippen molar-refractivity contribution in [1.82, 2.24) is 24.2 Å². The predicted molar refractivity (Wildman–Crippen MR) is 141 cm³/mol. The summed E-state index contributed by atoms with van der Waals surface area (Å²) < 4.78 is 41.8. The minimum atomic E-state index is -0.659. The second kappa shape index (κ2) is 10.2. The highest BCUT2D eigenvalue weighted by atomic mass is 19.1. The minimum Gasteiger partial charge on any atom is -0.494 e. The minimum absolute atomic E-state index is 0.0414. The zero-order valence-electron chi connectivity index (χ0n) is 21.7. The molecule has 2 aromatic heterocycles. The standard InChI is InChI=1S/C28H27F2N5O4/c1-16-24(27(36)34-13-10-17(15-34)19-9-8-18(29)14-20(19)30)28(37)35(26(31-16)21-11-12-33(2)32-21)25-22(38-3)6-5-7-23(25)39-4/h5-9,11-12,14,17,36H,1,10,13,15H2,2-4H3. The van der Waals surface area contributed by atoms with Gasteiger partial charge in [-0.15, -0.1) is 0 Å². The number of nitrogens with zero attached hydrogens (tertiary/aromatic N) is 5. The van der Waals surface area contributed by atoms with Gasteiger partial charge in [0.1, 0.15) is 39.7 Å². The molecule has 5 rings (SSSR count). The van der Waals surface area contributed by atoms with Crippen LogP contribution >= 0.6 is 0 Å². The number of aliphatic hydroxyl groups excluding tert-OH is 1.